The lowest BCUT2D eigenvalue weighted by Gasteiger charge is -2.12. The van der Waals surface area contributed by atoms with Crippen LogP contribution in [0.4, 0.5) is 0 Å². The minimum Gasteiger partial charge on any atom is -0.381 e. The van der Waals surface area contributed by atoms with E-state index in [2.05, 4.69) is 32.7 Å². The van der Waals surface area contributed by atoms with Gasteiger partial charge < -0.3 is 20.1 Å². The highest BCUT2D eigenvalue weighted by atomic mass is 16.5. The summed E-state index contributed by atoms with van der Waals surface area (Å²) in [6.45, 7) is 7.41. The summed E-state index contributed by atoms with van der Waals surface area (Å²) in [7, 11) is 0. The van der Waals surface area contributed by atoms with Crippen LogP contribution < -0.4 is 10.6 Å². The van der Waals surface area contributed by atoms with Crippen molar-refractivity contribution in [2.75, 3.05) is 39.5 Å². The van der Waals surface area contributed by atoms with Gasteiger partial charge in [-0.05, 0) is 31.9 Å². The number of fused-ring (bicyclic) bond motifs is 1. The zero-order valence-corrected chi connectivity index (χ0v) is 15.4. The standard InChI is InChI=1S/C18H28N6O2/c1-2-19-18(20-8-5-10-25-13-15-7-11-26-14-15)21-12-17-23-22-16-6-3-4-9-24(16)17/h3-4,6,9,15H,2,5,7-8,10-14H2,1H3,(H2,19,20,21). The number of hydrogen-bond donors (Lipinski definition) is 2. The van der Waals surface area contributed by atoms with Crippen molar-refractivity contribution in [1.82, 2.24) is 25.2 Å². The predicted octanol–water partition coefficient (Wildman–Crippen LogP) is 1.23. The SMILES string of the molecule is CCNC(=NCc1nnc2ccccn12)NCCCOCC1CCOC1. The molecule has 1 saturated heterocycles. The molecular formula is C18H28N6O2. The molecule has 0 aromatic carbocycles. The first kappa shape index (κ1) is 18.6. The van der Waals surface area contributed by atoms with E-state index in [0.717, 1.165) is 69.8 Å². The highest BCUT2D eigenvalue weighted by Gasteiger charge is 2.15. The Morgan fingerprint density at radius 2 is 2.35 bits per heavy atom. The summed E-state index contributed by atoms with van der Waals surface area (Å²) < 4.78 is 13.0. The molecule has 1 atom stereocenters. The van der Waals surface area contributed by atoms with E-state index in [1.807, 2.05) is 28.8 Å². The molecule has 2 aromatic rings. The molecule has 1 unspecified atom stereocenters. The van der Waals surface area contributed by atoms with Crippen molar-refractivity contribution in [3.8, 4) is 0 Å². The molecule has 1 aliphatic rings. The molecule has 2 aromatic heterocycles. The average Bonchev–Trinajstić information content (AvgIpc) is 3.32. The maximum atomic E-state index is 5.72. The van der Waals surface area contributed by atoms with Crippen LogP contribution in [0.1, 0.15) is 25.6 Å². The summed E-state index contributed by atoms with van der Waals surface area (Å²) in [4.78, 5) is 4.60. The monoisotopic (exact) mass is 360 g/mol. The Morgan fingerprint density at radius 1 is 1.38 bits per heavy atom. The number of guanidine groups is 1. The van der Waals surface area contributed by atoms with E-state index in [4.69, 9.17) is 9.47 Å². The van der Waals surface area contributed by atoms with Gasteiger partial charge in [0.05, 0.1) is 13.2 Å². The summed E-state index contributed by atoms with van der Waals surface area (Å²) in [5.41, 5.74) is 0.834. The van der Waals surface area contributed by atoms with E-state index in [-0.39, 0.29) is 0 Å². The summed E-state index contributed by atoms with van der Waals surface area (Å²) in [5.74, 6) is 2.17. The van der Waals surface area contributed by atoms with E-state index in [9.17, 15) is 0 Å². The topological polar surface area (TPSA) is 85.1 Å². The minimum atomic E-state index is 0.471. The van der Waals surface area contributed by atoms with E-state index in [1.54, 1.807) is 0 Å². The van der Waals surface area contributed by atoms with Gasteiger partial charge in [-0.3, -0.25) is 4.40 Å². The Bertz CT molecular complexity index is 696. The van der Waals surface area contributed by atoms with Gasteiger partial charge in [-0.1, -0.05) is 6.07 Å². The number of pyridine rings is 1. The Balaban J connectivity index is 1.40. The van der Waals surface area contributed by atoms with E-state index in [0.29, 0.717) is 12.5 Å². The van der Waals surface area contributed by atoms with Crippen molar-refractivity contribution in [2.45, 2.75) is 26.3 Å². The van der Waals surface area contributed by atoms with Gasteiger partial charge in [0.15, 0.2) is 17.4 Å². The van der Waals surface area contributed by atoms with Crippen molar-refractivity contribution < 1.29 is 9.47 Å². The quantitative estimate of drug-likeness (QED) is 0.397. The van der Waals surface area contributed by atoms with Gasteiger partial charge in [0, 0.05) is 38.4 Å². The van der Waals surface area contributed by atoms with Crippen molar-refractivity contribution in [3.63, 3.8) is 0 Å². The molecule has 26 heavy (non-hydrogen) atoms. The lowest BCUT2D eigenvalue weighted by molar-refractivity contribution is 0.0888. The van der Waals surface area contributed by atoms with Crippen LogP contribution in [0.25, 0.3) is 5.65 Å². The first-order valence-electron chi connectivity index (χ1n) is 9.33. The molecule has 8 heteroatoms. The van der Waals surface area contributed by atoms with Crippen LogP contribution in [-0.4, -0.2) is 60.1 Å². The van der Waals surface area contributed by atoms with E-state index < -0.39 is 0 Å². The first-order valence-corrected chi connectivity index (χ1v) is 9.33. The van der Waals surface area contributed by atoms with Crippen molar-refractivity contribution in [3.05, 3.63) is 30.2 Å². The highest BCUT2D eigenvalue weighted by Crippen LogP contribution is 2.12. The van der Waals surface area contributed by atoms with Crippen molar-refractivity contribution >= 4 is 11.6 Å². The fourth-order valence-electron chi connectivity index (χ4n) is 2.84. The molecule has 0 bridgehead atoms. The Kier molecular flexibility index (Phi) is 7.21. The summed E-state index contributed by atoms with van der Waals surface area (Å²) in [6, 6.07) is 5.84. The van der Waals surface area contributed by atoms with Crippen LogP contribution >= 0.6 is 0 Å². The lowest BCUT2D eigenvalue weighted by atomic mass is 10.1. The van der Waals surface area contributed by atoms with Gasteiger partial charge in [0.25, 0.3) is 0 Å². The summed E-state index contributed by atoms with van der Waals surface area (Å²) >= 11 is 0. The number of nitrogens with one attached hydrogen (secondary N) is 2. The summed E-state index contributed by atoms with van der Waals surface area (Å²) in [5, 5.41) is 14.9. The predicted molar refractivity (Wildman–Crippen MR) is 100 cm³/mol. The fourth-order valence-corrected chi connectivity index (χ4v) is 2.84. The van der Waals surface area contributed by atoms with Crippen LogP contribution in [0.5, 0.6) is 0 Å². The molecule has 1 fully saturated rings. The second-order valence-corrected chi connectivity index (χ2v) is 6.33. The van der Waals surface area contributed by atoms with Crippen molar-refractivity contribution in [2.24, 2.45) is 10.9 Å². The maximum Gasteiger partial charge on any atom is 0.191 e. The maximum absolute atomic E-state index is 5.72. The lowest BCUT2D eigenvalue weighted by Crippen LogP contribution is -2.38. The third-order valence-corrected chi connectivity index (χ3v) is 4.24. The van der Waals surface area contributed by atoms with Gasteiger partial charge in [0.2, 0.25) is 0 Å². The van der Waals surface area contributed by atoms with Crippen LogP contribution in [-0.2, 0) is 16.0 Å². The molecule has 8 nitrogen and oxygen atoms in total. The van der Waals surface area contributed by atoms with Gasteiger partial charge in [-0.15, -0.1) is 10.2 Å². The Labute approximate surface area is 154 Å². The van der Waals surface area contributed by atoms with Crippen LogP contribution in [0.15, 0.2) is 29.4 Å². The van der Waals surface area contributed by atoms with Gasteiger partial charge in [0.1, 0.15) is 6.54 Å². The highest BCUT2D eigenvalue weighted by molar-refractivity contribution is 5.79. The Hall–Kier alpha value is -2.19. The molecule has 0 radical (unpaired) electrons. The zero-order valence-electron chi connectivity index (χ0n) is 15.4. The zero-order chi connectivity index (χ0) is 18.0. The largest absolute Gasteiger partial charge is 0.381 e. The third-order valence-electron chi connectivity index (χ3n) is 4.24. The molecule has 2 N–H and O–H groups in total. The number of aliphatic imine (C=N–C) groups is 1. The van der Waals surface area contributed by atoms with Gasteiger partial charge in [-0.25, -0.2) is 4.99 Å². The van der Waals surface area contributed by atoms with Crippen LogP contribution in [0.3, 0.4) is 0 Å². The summed E-state index contributed by atoms with van der Waals surface area (Å²) in [6.07, 6.45) is 4.01. The number of hydrogen-bond acceptors (Lipinski definition) is 5. The number of rotatable bonds is 9. The molecule has 3 rings (SSSR count). The molecule has 0 aliphatic carbocycles. The van der Waals surface area contributed by atoms with Gasteiger partial charge in [-0.2, -0.15) is 0 Å². The molecule has 142 valence electrons. The van der Waals surface area contributed by atoms with Crippen molar-refractivity contribution in [1.29, 1.82) is 0 Å². The molecule has 0 spiro atoms. The molecule has 3 heterocycles. The second kappa shape index (κ2) is 10.1. The number of nitrogens with zero attached hydrogens (tertiary/aromatic N) is 4. The van der Waals surface area contributed by atoms with Crippen LogP contribution in [0, 0.1) is 5.92 Å². The second-order valence-electron chi connectivity index (χ2n) is 6.33. The van der Waals surface area contributed by atoms with E-state index in [1.165, 1.54) is 0 Å². The molecule has 0 saturated carbocycles. The van der Waals surface area contributed by atoms with Gasteiger partial charge >= 0.3 is 0 Å². The fraction of sp³-hybridized carbons (Fsp3) is 0.611. The number of ether oxygens (including phenoxy) is 2. The normalized spacial score (nSPS) is 17.7. The molecule has 0 amide bonds. The third kappa shape index (κ3) is 5.40. The Morgan fingerprint density at radius 3 is 3.19 bits per heavy atom. The van der Waals surface area contributed by atoms with E-state index >= 15 is 0 Å². The molecular weight excluding hydrogens is 332 g/mol. The van der Waals surface area contributed by atoms with Crippen LogP contribution in [0.2, 0.25) is 0 Å². The average molecular weight is 360 g/mol. The first-order chi connectivity index (χ1) is 12.9. The number of aromatic nitrogens is 3. The minimum absolute atomic E-state index is 0.471. The smallest absolute Gasteiger partial charge is 0.191 e. The molecule has 1 aliphatic heterocycles.